The van der Waals surface area contributed by atoms with Crippen molar-refractivity contribution in [3.8, 4) is 0 Å². The molecule has 0 unspecified atom stereocenters. The zero-order valence-electron chi connectivity index (χ0n) is 15.6. The van der Waals surface area contributed by atoms with Crippen molar-refractivity contribution in [2.24, 2.45) is 4.99 Å². The van der Waals surface area contributed by atoms with E-state index in [2.05, 4.69) is 78.9 Å². The van der Waals surface area contributed by atoms with Crippen LogP contribution in [0.2, 0.25) is 0 Å². The van der Waals surface area contributed by atoms with Crippen LogP contribution in [0.15, 0.2) is 101 Å². The van der Waals surface area contributed by atoms with Gasteiger partial charge in [0.15, 0.2) is 0 Å². The Morgan fingerprint density at radius 2 is 1.48 bits per heavy atom. The van der Waals surface area contributed by atoms with Crippen LogP contribution >= 0.6 is 0 Å². The quantitative estimate of drug-likeness (QED) is 0.587. The summed E-state index contributed by atoms with van der Waals surface area (Å²) in [5, 5.41) is 0. The second-order valence-electron chi connectivity index (χ2n) is 6.66. The minimum atomic E-state index is 0.607. The number of ether oxygens (including phenoxy) is 1. The summed E-state index contributed by atoms with van der Waals surface area (Å²) in [6.07, 6.45) is 1.69. The van der Waals surface area contributed by atoms with Gasteiger partial charge >= 0.3 is 0 Å². The first-order chi connectivity index (χ1) is 13.3. The molecule has 0 aromatic heterocycles. The Morgan fingerprint density at radius 3 is 2.22 bits per heavy atom. The average Bonchev–Trinajstić information content (AvgIpc) is 2.87. The smallest absolute Gasteiger partial charge is 0.213 e. The third kappa shape index (κ3) is 3.85. The first-order valence-corrected chi connectivity index (χ1v) is 9.46. The largest absolute Gasteiger partial charge is 0.478 e. The molecule has 0 amide bonds. The van der Waals surface area contributed by atoms with Crippen molar-refractivity contribution >= 4 is 5.71 Å². The molecule has 0 bridgehead atoms. The number of aliphatic imine (C=N–C) groups is 1. The van der Waals surface area contributed by atoms with E-state index in [0.29, 0.717) is 6.61 Å². The number of rotatable bonds is 5. The van der Waals surface area contributed by atoms with Crippen molar-refractivity contribution in [2.45, 2.75) is 19.8 Å². The number of allylic oxidation sites excluding steroid dienone is 1. The van der Waals surface area contributed by atoms with Gasteiger partial charge in [-0.05, 0) is 30.9 Å². The molecule has 1 heterocycles. The molecule has 0 saturated carbocycles. The highest BCUT2D eigenvalue weighted by Crippen LogP contribution is 2.28. The Hall–Kier alpha value is -3.13. The summed E-state index contributed by atoms with van der Waals surface area (Å²) in [4.78, 5) is 5.03. The molecular formula is C25H23NO. The van der Waals surface area contributed by atoms with Crippen molar-refractivity contribution < 1.29 is 4.74 Å². The number of hydrogen-bond donors (Lipinski definition) is 0. The third-order valence-electron chi connectivity index (χ3n) is 4.78. The van der Waals surface area contributed by atoms with Crippen LogP contribution < -0.4 is 0 Å². The van der Waals surface area contributed by atoms with Gasteiger partial charge in [-0.2, -0.15) is 0 Å². The molecule has 0 aliphatic carbocycles. The second kappa shape index (κ2) is 8.05. The predicted molar refractivity (Wildman–Crippen MR) is 111 cm³/mol. The number of fused-ring (bicyclic) bond motifs is 1. The van der Waals surface area contributed by atoms with E-state index in [0.717, 1.165) is 30.0 Å². The Labute approximate surface area is 160 Å². The van der Waals surface area contributed by atoms with Gasteiger partial charge in [-0.25, -0.2) is 4.99 Å². The second-order valence-corrected chi connectivity index (χ2v) is 6.66. The van der Waals surface area contributed by atoms with Crippen molar-refractivity contribution in [3.63, 3.8) is 0 Å². The molecule has 27 heavy (non-hydrogen) atoms. The van der Waals surface area contributed by atoms with Gasteiger partial charge in [0.1, 0.15) is 0 Å². The third-order valence-corrected chi connectivity index (χ3v) is 4.78. The van der Waals surface area contributed by atoms with Gasteiger partial charge in [-0.3, -0.25) is 0 Å². The van der Waals surface area contributed by atoms with Crippen LogP contribution in [-0.4, -0.2) is 12.3 Å². The van der Waals surface area contributed by atoms with Gasteiger partial charge in [0, 0.05) is 16.7 Å². The van der Waals surface area contributed by atoms with Crippen molar-refractivity contribution in [1.29, 1.82) is 0 Å². The summed E-state index contributed by atoms with van der Waals surface area (Å²) >= 11 is 0. The summed E-state index contributed by atoms with van der Waals surface area (Å²) in [5.41, 5.74) is 7.08. The number of hydrogen-bond acceptors (Lipinski definition) is 2. The highest BCUT2D eigenvalue weighted by molar-refractivity contribution is 6.14. The lowest BCUT2D eigenvalue weighted by Gasteiger charge is -2.11. The van der Waals surface area contributed by atoms with E-state index < -0.39 is 0 Å². The van der Waals surface area contributed by atoms with Crippen molar-refractivity contribution in [1.82, 2.24) is 0 Å². The molecule has 2 nitrogen and oxygen atoms in total. The highest BCUT2D eigenvalue weighted by atomic mass is 16.5. The highest BCUT2D eigenvalue weighted by Gasteiger charge is 2.20. The molecule has 0 saturated heterocycles. The summed E-state index contributed by atoms with van der Waals surface area (Å²) in [6, 6.07) is 29.5. The van der Waals surface area contributed by atoms with Crippen LogP contribution in [0, 0.1) is 0 Å². The normalized spacial score (nSPS) is 13.6. The van der Waals surface area contributed by atoms with E-state index in [-0.39, 0.29) is 0 Å². The lowest BCUT2D eigenvalue weighted by molar-refractivity contribution is 0.222. The fourth-order valence-corrected chi connectivity index (χ4v) is 3.52. The monoisotopic (exact) mass is 353 g/mol. The van der Waals surface area contributed by atoms with Crippen LogP contribution in [0.5, 0.6) is 0 Å². The molecule has 0 fully saturated rings. The van der Waals surface area contributed by atoms with Gasteiger partial charge in [0.2, 0.25) is 5.88 Å². The minimum absolute atomic E-state index is 0.607. The Kier molecular flexibility index (Phi) is 5.15. The minimum Gasteiger partial charge on any atom is -0.478 e. The van der Waals surface area contributed by atoms with Gasteiger partial charge in [-0.15, -0.1) is 0 Å². The van der Waals surface area contributed by atoms with Crippen LogP contribution in [0.3, 0.4) is 0 Å². The number of nitrogens with zero attached hydrogens (tertiary/aromatic N) is 1. The topological polar surface area (TPSA) is 21.6 Å². The standard InChI is InChI=1S/C25H23NO/c1-2-27-25-22(17-19-11-5-3-6-12-19)18-21-15-9-10-16-23(21)24(26-25)20-13-7-4-8-14-20/h3-16H,2,17-18H2,1H3. The van der Waals surface area contributed by atoms with E-state index in [1.807, 2.05) is 13.0 Å². The van der Waals surface area contributed by atoms with Crippen molar-refractivity contribution in [3.05, 3.63) is 119 Å². The van der Waals surface area contributed by atoms with Gasteiger partial charge in [0.25, 0.3) is 0 Å². The van der Waals surface area contributed by atoms with E-state index >= 15 is 0 Å². The molecule has 0 spiro atoms. The van der Waals surface area contributed by atoms with Crippen LogP contribution in [-0.2, 0) is 17.6 Å². The van der Waals surface area contributed by atoms with Crippen LogP contribution in [0.1, 0.15) is 29.2 Å². The van der Waals surface area contributed by atoms with Gasteiger partial charge in [0.05, 0.1) is 12.3 Å². The maximum Gasteiger partial charge on any atom is 0.213 e. The molecule has 1 aliphatic rings. The summed E-state index contributed by atoms with van der Waals surface area (Å²) in [7, 11) is 0. The maximum atomic E-state index is 6.02. The fraction of sp³-hybridized carbons (Fsp3) is 0.160. The van der Waals surface area contributed by atoms with E-state index in [1.165, 1.54) is 22.3 Å². The predicted octanol–water partition coefficient (Wildman–Crippen LogP) is 5.57. The number of benzene rings is 3. The van der Waals surface area contributed by atoms with Crippen molar-refractivity contribution in [2.75, 3.05) is 6.61 Å². The molecule has 0 radical (unpaired) electrons. The molecule has 0 N–H and O–H groups in total. The molecule has 3 aromatic rings. The SMILES string of the molecule is CCOC1=C(Cc2ccccc2)Cc2ccccc2C(c2ccccc2)=N1. The summed E-state index contributed by atoms with van der Waals surface area (Å²) in [6.45, 7) is 2.62. The molecule has 134 valence electrons. The molecule has 2 heteroatoms. The molecule has 3 aromatic carbocycles. The van der Waals surface area contributed by atoms with E-state index in [4.69, 9.17) is 9.73 Å². The summed E-state index contributed by atoms with van der Waals surface area (Å²) in [5.74, 6) is 0.761. The maximum absolute atomic E-state index is 6.02. The first kappa shape index (κ1) is 17.3. The Bertz CT molecular complexity index is 971. The molecule has 4 rings (SSSR count). The van der Waals surface area contributed by atoms with E-state index in [1.54, 1.807) is 0 Å². The van der Waals surface area contributed by atoms with Gasteiger partial charge in [-0.1, -0.05) is 84.9 Å². The average molecular weight is 353 g/mol. The lowest BCUT2D eigenvalue weighted by atomic mass is 9.93. The molecular weight excluding hydrogens is 330 g/mol. The Balaban J connectivity index is 1.86. The Morgan fingerprint density at radius 1 is 0.815 bits per heavy atom. The van der Waals surface area contributed by atoms with Gasteiger partial charge < -0.3 is 4.74 Å². The molecule has 1 aliphatic heterocycles. The van der Waals surface area contributed by atoms with Crippen LogP contribution in [0.4, 0.5) is 0 Å². The fourth-order valence-electron chi connectivity index (χ4n) is 3.52. The zero-order valence-corrected chi connectivity index (χ0v) is 15.6. The van der Waals surface area contributed by atoms with Crippen LogP contribution in [0.25, 0.3) is 0 Å². The van der Waals surface area contributed by atoms with E-state index in [9.17, 15) is 0 Å². The lowest BCUT2D eigenvalue weighted by Crippen LogP contribution is -2.06. The first-order valence-electron chi connectivity index (χ1n) is 9.46. The molecule has 0 atom stereocenters. The zero-order chi connectivity index (χ0) is 18.5. The summed E-state index contributed by atoms with van der Waals surface area (Å²) < 4.78 is 6.02.